The number of carbonyl (C=O) groups is 2. The van der Waals surface area contributed by atoms with Gasteiger partial charge in [0.25, 0.3) is 5.91 Å². The van der Waals surface area contributed by atoms with E-state index in [9.17, 15) is 9.59 Å². The van der Waals surface area contributed by atoms with E-state index < -0.39 is 5.97 Å². The molecular formula is C26H21ClN2O5. The zero-order valence-electron chi connectivity index (χ0n) is 18.5. The molecule has 1 N–H and O–H groups in total. The van der Waals surface area contributed by atoms with E-state index in [0.717, 1.165) is 11.3 Å². The second-order valence-electron chi connectivity index (χ2n) is 7.46. The van der Waals surface area contributed by atoms with Gasteiger partial charge >= 0.3 is 5.97 Å². The average Bonchev–Trinajstić information content (AvgIpc) is 3.16. The van der Waals surface area contributed by atoms with Gasteiger partial charge in [-0.15, -0.1) is 0 Å². The van der Waals surface area contributed by atoms with Gasteiger partial charge in [-0.1, -0.05) is 28.9 Å². The van der Waals surface area contributed by atoms with Gasteiger partial charge < -0.3 is 19.3 Å². The van der Waals surface area contributed by atoms with Crippen molar-refractivity contribution in [2.75, 3.05) is 5.32 Å². The van der Waals surface area contributed by atoms with Gasteiger partial charge in [0, 0.05) is 5.69 Å². The number of nitrogens with one attached hydrogen (secondary N) is 1. The molecule has 34 heavy (non-hydrogen) atoms. The predicted octanol–water partition coefficient (Wildman–Crippen LogP) is 6.00. The van der Waals surface area contributed by atoms with Crippen molar-refractivity contribution >= 4 is 29.2 Å². The summed E-state index contributed by atoms with van der Waals surface area (Å²) in [5, 5.41) is 7.03. The summed E-state index contributed by atoms with van der Waals surface area (Å²) >= 11 is 6.06. The molecule has 172 valence electrons. The van der Waals surface area contributed by atoms with Gasteiger partial charge in [-0.25, -0.2) is 4.79 Å². The van der Waals surface area contributed by atoms with Crippen LogP contribution in [0.2, 0.25) is 5.02 Å². The molecular weight excluding hydrogens is 456 g/mol. The third-order valence-electron chi connectivity index (χ3n) is 5.10. The zero-order chi connectivity index (χ0) is 24.1. The van der Waals surface area contributed by atoms with Gasteiger partial charge in [0.05, 0.1) is 27.4 Å². The van der Waals surface area contributed by atoms with E-state index in [1.54, 1.807) is 72.8 Å². The average molecular weight is 477 g/mol. The number of halogens is 1. The van der Waals surface area contributed by atoms with Crippen molar-refractivity contribution in [2.24, 2.45) is 0 Å². The van der Waals surface area contributed by atoms with E-state index >= 15 is 0 Å². The molecule has 4 aromatic rings. The monoisotopic (exact) mass is 476 g/mol. The fourth-order valence-corrected chi connectivity index (χ4v) is 3.39. The number of amides is 1. The lowest BCUT2D eigenvalue weighted by Crippen LogP contribution is -2.12. The first-order valence-electron chi connectivity index (χ1n) is 10.4. The molecule has 0 saturated carbocycles. The summed E-state index contributed by atoms with van der Waals surface area (Å²) in [5.74, 6) is 0.832. The number of anilines is 1. The molecule has 3 aromatic carbocycles. The van der Waals surface area contributed by atoms with Crippen LogP contribution in [-0.2, 0) is 6.61 Å². The van der Waals surface area contributed by atoms with Gasteiger partial charge in [-0.05, 0) is 74.5 Å². The summed E-state index contributed by atoms with van der Waals surface area (Å²) in [6, 6.07) is 19.9. The molecule has 4 rings (SSSR count). The summed E-state index contributed by atoms with van der Waals surface area (Å²) < 4.78 is 16.3. The molecule has 0 aliphatic heterocycles. The number of nitrogens with zero attached hydrogens (tertiary/aromatic N) is 1. The van der Waals surface area contributed by atoms with Crippen molar-refractivity contribution < 1.29 is 23.6 Å². The molecule has 0 radical (unpaired) electrons. The molecule has 8 heteroatoms. The van der Waals surface area contributed by atoms with Crippen LogP contribution in [0.1, 0.15) is 37.7 Å². The van der Waals surface area contributed by atoms with Crippen molar-refractivity contribution in [3.05, 3.63) is 106 Å². The van der Waals surface area contributed by atoms with E-state index in [1.165, 1.54) is 0 Å². The number of esters is 1. The maximum Gasteiger partial charge on any atom is 0.343 e. The number of hydrogen-bond acceptors (Lipinski definition) is 6. The van der Waals surface area contributed by atoms with Crippen LogP contribution in [0.25, 0.3) is 0 Å². The number of aromatic nitrogens is 1. The summed E-state index contributed by atoms with van der Waals surface area (Å²) in [7, 11) is 0. The standard InChI is InChI=1S/C26H21ClN2O5/c1-16-23(17(2)34-29-16)15-32-20-11-7-18(8-12-20)26(31)33-21-13-9-19(10-14-21)28-25(30)22-5-3-4-6-24(22)27/h3-14H,15H2,1-2H3,(H,28,30). The fourth-order valence-electron chi connectivity index (χ4n) is 3.17. The van der Waals surface area contributed by atoms with Crippen LogP contribution in [0.15, 0.2) is 77.3 Å². The first kappa shape index (κ1) is 23.1. The van der Waals surface area contributed by atoms with Gasteiger partial charge in [-0.3, -0.25) is 4.79 Å². The van der Waals surface area contributed by atoms with Gasteiger partial charge in [-0.2, -0.15) is 0 Å². The highest BCUT2D eigenvalue weighted by Crippen LogP contribution is 2.22. The molecule has 1 heterocycles. The molecule has 0 spiro atoms. The van der Waals surface area contributed by atoms with Crippen molar-refractivity contribution in [2.45, 2.75) is 20.5 Å². The van der Waals surface area contributed by atoms with Gasteiger partial charge in [0.2, 0.25) is 0 Å². The predicted molar refractivity (Wildman–Crippen MR) is 128 cm³/mol. The van der Waals surface area contributed by atoms with Gasteiger partial charge in [0.15, 0.2) is 0 Å². The molecule has 0 aliphatic carbocycles. The minimum Gasteiger partial charge on any atom is -0.489 e. The largest absolute Gasteiger partial charge is 0.489 e. The summed E-state index contributed by atoms with van der Waals surface area (Å²) in [4.78, 5) is 24.8. The Morgan fingerprint density at radius 2 is 1.62 bits per heavy atom. The Morgan fingerprint density at radius 3 is 2.26 bits per heavy atom. The smallest absolute Gasteiger partial charge is 0.343 e. The lowest BCUT2D eigenvalue weighted by molar-refractivity contribution is 0.0734. The van der Waals surface area contributed by atoms with Crippen LogP contribution in [-0.4, -0.2) is 17.0 Å². The SMILES string of the molecule is Cc1noc(C)c1COc1ccc(C(=O)Oc2ccc(NC(=O)c3ccccc3Cl)cc2)cc1. The minimum atomic E-state index is -0.509. The maximum atomic E-state index is 12.5. The molecule has 0 unspecified atom stereocenters. The lowest BCUT2D eigenvalue weighted by Gasteiger charge is -2.09. The topological polar surface area (TPSA) is 90.7 Å². The molecule has 7 nitrogen and oxygen atoms in total. The van der Waals surface area contributed by atoms with Crippen molar-refractivity contribution in [3.63, 3.8) is 0 Å². The van der Waals surface area contributed by atoms with Crippen LogP contribution in [0.3, 0.4) is 0 Å². The molecule has 0 fully saturated rings. The number of benzene rings is 3. The van der Waals surface area contributed by atoms with Crippen molar-refractivity contribution in [1.82, 2.24) is 5.16 Å². The highest BCUT2D eigenvalue weighted by molar-refractivity contribution is 6.34. The first-order chi connectivity index (χ1) is 16.4. The quantitative estimate of drug-likeness (QED) is 0.260. The lowest BCUT2D eigenvalue weighted by atomic mass is 10.2. The Balaban J connectivity index is 1.32. The number of hydrogen-bond donors (Lipinski definition) is 1. The van der Waals surface area contributed by atoms with Gasteiger partial charge in [0.1, 0.15) is 23.9 Å². The Kier molecular flexibility index (Phi) is 6.94. The summed E-state index contributed by atoms with van der Waals surface area (Å²) in [5.41, 5.74) is 2.98. The zero-order valence-corrected chi connectivity index (χ0v) is 19.3. The molecule has 1 amide bonds. The number of aryl methyl sites for hydroxylation is 2. The molecule has 0 bridgehead atoms. The Hall–Kier alpha value is -4.10. The third kappa shape index (κ3) is 5.44. The highest BCUT2D eigenvalue weighted by Gasteiger charge is 2.13. The minimum absolute atomic E-state index is 0.324. The van der Waals surface area contributed by atoms with E-state index in [4.69, 9.17) is 25.6 Å². The summed E-state index contributed by atoms with van der Waals surface area (Å²) in [6.45, 7) is 4.01. The maximum absolute atomic E-state index is 12.5. The van der Waals surface area contributed by atoms with E-state index in [0.29, 0.717) is 45.7 Å². The fraction of sp³-hybridized carbons (Fsp3) is 0.115. The number of ether oxygens (including phenoxy) is 2. The highest BCUT2D eigenvalue weighted by atomic mass is 35.5. The number of rotatable bonds is 7. The molecule has 0 atom stereocenters. The number of carbonyl (C=O) groups excluding carboxylic acids is 2. The second-order valence-corrected chi connectivity index (χ2v) is 7.87. The van der Waals surface area contributed by atoms with Crippen molar-refractivity contribution in [1.29, 1.82) is 0 Å². The molecule has 0 saturated heterocycles. The second kappa shape index (κ2) is 10.2. The van der Waals surface area contributed by atoms with Crippen LogP contribution in [0, 0.1) is 13.8 Å². The molecule has 0 aliphatic rings. The van der Waals surface area contributed by atoms with Crippen LogP contribution in [0.5, 0.6) is 11.5 Å². The first-order valence-corrected chi connectivity index (χ1v) is 10.8. The Bertz CT molecular complexity index is 1290. The van der Waals surface area contributed by atoms with E-state index in [2.05, 4.69) is 10.5 Å². The summed E-state index contributed by atoms with van der Waals surface area (Å²) in [6.07, 6.45) is 0. The Labute approximate surface area is 201 Å². The van der Waals surface area contributed by atoms with E-state index in [-0.39, 0.29) is 5.91 Å². The molecule has 1 aromatic heterocycles. The normalized spacial score (nSPS) is 10.6. The van der Waals surface area contributed by atoms with Crippen LogP contribution in [0.4, 0.5) is 5.69 Å². The van der Waals surface area contributed by atoms with Crippen molar-refractivity contribution in [3.8, 4) is 11.5 Å². The van der Waals surface area contributed by atoms with Crippen LogP contribution >= 0.6 is 11.6 Å². The van der Waals surface area contributed by atoms with Crippen LogP contribution < -0.4 is 14.8 Å². The Morgan fingerprint density at radius 1 is 0.941 bits per heavy atom. The van der Waals surface area contributed by atoms with E-state index in [1.807, 2.05) is 13.8 Å². The third-order valence-corrected chi connectivity index (χ3v) is 5.43.